The highest BCUT2D eigenvalue weighted by Gasteiger charge is 2.27. The number of alkyl halides is 1. The molecule has 1 aliphatic rings. The molecule has 1 aliphatic heterocycles. The van der Waals surface area contributed by atoms with E-state index < -0.39 is 0 Å². The molecule has 2 aromatic carbocycles. The van der Waals surface area contributed by atoms with Crippen molar-refractivity contribution < 1.29 is 14.7 Å². The maximum absolute atomic E-state index is 10.4. The third-order valence-electron chi connectivity index (χ3n) is 3.69. The summed E-state index contributed by atoms with van der Waals surface area (Å²) in [5.74, 6) is 0. The summed E-state index contributed by atoms with van der Waals surface area (Å²) in [5, 5.41) is 10.8. The van der Waals surface area contributed by atoms with Crippen molar-refractivity contribution in [1.82, 2.24) is 0 Å². The van der Waals surface area contributed by atoms with Crippen LogP contribution in [0.4, 0.5) is 15.8 Å². The highest BCUT2D eigenvalue weighted by Crippen LogP contribution is 2.33. The lowest BCUT2D eigenvalue weighted by Crippen LogP contribution is -3.08. The number of anilines is 1. The second-order valence-corrected chi connectivity index (χ2v) is 7.26. The fraction of sp³-hybridized carbons (Fsp3) is 0.300. The number of quaternary nitrogens is 1. The maximum atomic E-state index is 10.4. The van der Waals surface area contributed by atoms with Crippen LogP contribution >= 0.6 is 27.9 Å². The van der Waals surface area contributed by atoms with Crippen molar-refractivity contribution >= 4 is 45.3 Å². The Morgan fingerprint density at radius 2 is 1.77 bits per heavy atom. The van der Waals surface area contributed by atoms with Crippen LogP contribution in [0.1, 0.15) is 31.9 Å². The second-order valence-electron chi connectivity index (χ2n) is 5.47. The number of hydrogen-bond acceptors (Lipinski definition) is 3. The largest absolute Gasteiger partial charge is 0.321 e. The number of hydrogen-bond donors (Lipinski definition) is 3. The predicted octanol–water partition coefficient (Wildman–Crippen LogP) is 5.81. The van der Waals surface area contributed by atoms with Crippen LogP contribution in [0.25, 0.3) is 6.08 Å². The molecule has 0 saturated heterocycles. The average molecular weight is 442 g/mol. The molecule has 142 valence electrons. The molecule has 3 nitrogen and oxygen atoms in total. The van der Waals surface area contributed by atoms with Gasteiger partial charge < -0.3 is 4.72 Å². The van der Waals surface area contributed by atoms with Gasteiger partial charge >= 0.3 is 0 Å². The molecule has 3 rings (SSSR count). The Bertz CT molecular complexity index is 722. The molecule has 1 heterocycles. The Balaban J connectivity index is 0.000000791. The van der Waals surface area contributed by atoms with Crippen LogP contribution in [0.15, 0.2) is 51.8 Å². The molecule has 6 heteroatoms. The van der Waals surface area contributed by atoms with Gasteiger partial charge in [0, 0.05) is 14.9 Å². The van der Waals surface area contributed by atoms with E-state index >= 15 is 0 Å². The lowest BCUT2D eigenvalue weighted by atomic mass is 10.0. The van der Waals surface area contributed by atoms with E-state index in [1.807, 2.05) is 39.0 Å². The Hall–Kier alpha value is -1.34. The molecule has 0 amide bonds. The summed E-state index contributed by atoms with van der Waals surface area (Å²) in [7, 11) is 0.500. The SMILES string of the molecule is CC.CF.Cc1ccc(SNc2cc(Br)cc3c2[NH+](O)C(C)C=C3)cc1. The van der Waals surface area contributed by atoms with Crippen molar-refractivity contribution in [3.05, 3.63) is 58.1 Å². The lowest BCUT2D eigenvalue weighted by Gasteiger charge is -2.23. The topological polar surface area (TPSA) is 36.7 Å². The quantitative estimate of drug-likeness (QED) is 0.525. The van der Waals surface area contributed by atoms with Crippen LogP contribution in [-0.4, -0.2) is 18.4 Å². The molecule has 2 atom stereocenters. The van der Waals surface area contributed by atoms with Crippen molar-refractivity contribution in [2.24, 2.45) is 0 Å². The molecule has 26 heavy (non-hydrogen) atoms. The molecule has 2 aromatic rings. The standard InChI is InChI=1S/C17H17BrN2OS.C2H6.CH3F/c1-11-3-7-15(8-4-11)22-19-16-10-14(18)9-13-6-5-12(2)20(21)17(13)16;2*1-2/h3-10,12,19,21H,1-2H3;1-2H3;1H3/p+1. The lowest BCUT2D eigenvalue weighted by molar-refractivity contribution is -1.05. The van der Waals surface area contributed by atoms with Gasteiger partial charge in [-0.25, -0.2) is 5.21 Å². The Morgan fingerprint density at radius 1 is 1.15 bits per heavy atom. The number of fused-ring (bicyclic) bond motifs is 1. The number of nitrogens with one attached hydrogen (secondary N) is 2. The first-order valence-corrected chi connectivity index (χ1v) is 10.1. The molecule has 2 unspecified atom stereocenters. The van der Waals surface area contributed by atoms with Gasteiger partial charge in [-0.15, -0.1) is 0 Å². The van der Waals surface area contributed by atoms with Crippen LogP contribution in [0, 0.1) is 6.92 Å². The van der Waals surface area contributed by atoms with Gasteiger partial charge in [0.2, 0.25) is 0 Å². The normalized spacial score (nSPS) is 17.2. The average Bonchev–Trinajstić information content (AvgIpc) is 2.67. The highest BCUT2D eigenvalue weighted by atomic mass is 79.9. The zero-order valence-electron chi connectivity index (χ0n) is 15.8. The van der Waals surface area contributed by atoms with Crippen LogP contribution in [0.2, 0.25) is 0 Å². The maximum Gasteiger partial charge on any atom is 0.195 e. The van der Waals surface area contributed by atoms with Gasteiger partial charge in [-0.2, -0.15) is 5.06 Å². The summed E-state index contributed by atoms with van der Waals surface area (Å²) >= 11 is 5.09. The number of hydroxylamine groups is 1. The van der Waals surface area contributed by atoms with Crippen molar-refractivity contribution in [3.63, 3.8) is 0 Å². The van der Waals surface area contributed by atoms with Crippen LogP contribution in [0.5, 0.6) is 0 Å². The van der Waals surface area contributed by atoms with Gasteiger partial charge in [-0.3, -0.25) is 4.39 Å². The summed E-state index contributed by atoms with van der Waals surface area (Å²) in [6.07, 6.45) is 4.08. The van der Waals surface area contributed by atoms with Crippen LogP contribution < -0.4 is 9.79 Å². The summed E-state index contributed by atoms with van der Waals surface area (Å²) < 4.78 is 13.9. The first-order chi connectivity index (χ1) is 12.5. The minimum Gasteiger partial charge on any atom is -0.321 e. The number of benzene rings is 2. The van der Waals surface area contributed by atoms with Gasteiger partial charge in [0.1, 0.15) is 11.7 Å². The van der Waals surface area contributed by atoms with Crippen molar-refractivity contribution in [1.29, 1.82) is 0 Å². The highest BCUT2D eigenvalue weighted by molar-refractivity contribution is 9.10. The summed E-state index contributed by atoms with van der Waals surface area (Å²) in [5.41, 5.74) is 4.08. The van der Waals surface area contributed by atoms with E-state index in [2.05, 4.69) is 57.9 Å². The summed E-state index contributed by atoms with van der Waals surface area (Å²) in [4.78, 5) is 1.14. The van der Waals surface area contributed by atoms with Crippen molar-refractivity contribution in [3.8, 4) is 0 Å². The smallest absolute Gasteiger partial charge is 0.195 e. The van der Waals surface area contributed by atoms with Crippen molar-refractivity contribution in [2.45, 2.75) is 38.6 Å². The van der Waals surface area contributed by atoms with Gasteiger partial charge in [-0.1, -0.05) is 47.5 Å². The van der Waals surface area contributed by atoms with E-state index in [-0.39, 0.29) is 6.04 Å². The van der Waals surface area contributed by atoms with Crippen molar-refractivity contribution in [2.75, 3.05) is 11.9 Å². The molecular weight excluding hydrogens is 415 g/mol. The van der Waals surface area contributed by atoms with Gasteiger partial charge in [-0.05, 0) is 62.2 Å². The van der Waals surface area contributed by atoms with Gasteiger partial charge in [0.15, 0.2) is 5.69 Å². The minimum absolute atomic E-state index is 0.0404. The Labute approximate surface area is 168 Å². The molecule has 0 saturated carbocycles. The fourth-order valence-electron chi connectivity index (χ4n) is 2.41. The van der Waals surface area contributed by atoms with E-state index in [4.69, 9.17) is 0 Å². The summed E-state index contributed by atoms with van der Waals surface area (Å²) in [6, 6.07) is 12.4. The molecule has 0 aliphatic carbocycles. The molecular formula is C20H27BrFN2OS+. The summed E-state index contributed by atoms with van der Waals surface area (Å²) in [6.45, 7) is 8.07. The van der Waals surface area contributed by atoms with E-state index in [1.54, 1.807) is 11.9 Å². The third-order valence-corrected chi connectivity index (χ3v) is 4.97. The number of halogens is 2. The van der Waals surface area contributed by atoms with E-state index in [9.17, 15) is 9.60 Å². The third kappa shape index (κ3) is 5.84. The van der Waals surface area contributed by atoms with E-state index in [1.165, 1.54) is 5.56 Å². The second kappa shape index (κ2) is 11.4. The molecule has 0 bridgehead atoms. The fourth-order valence-corrected chi connectivity index (χ4v) is 3.55. The van der Waals surface area contributed by atoms with Crippen LogP contribution in [0.3, 0.4) is 0 Å². The number of aryl methyl sites for hydroxylation is 1. The van der Waals surface area contributed by atoms with Gasteiger partial charge in [0.05, 0.1) is 7.18 Å². The monoisotopic (exact) mass is 441 g/mol. The molecule has 0 fully saturated rings. The number of rotatable bonds is 3. The Kier molecular flexibility index (Phi) is 9.94. The van der Waals surface area contributed by atoms with E-state index in [0.29, 0.717) is 12.2 Å². The Morgan fingerprint density at radius 3 is 2.38 bits per heavy atom. The molecule has 3 N–H and O–H groups in total. The minimum atomic E-state index is 0.0404. The molecule has 0 radical (unpaired) electrons. The van der Waals surface area contributed by atoms with Crippen LogP contribution in [-0.2, 0) is 0 Å². The predicted molar refractivity (Wildman–Crippen MR) is 114 cm³/mol. The first kappa shape index (κ1) is 22.7. The first-order valence-electron chi connectivity index (χ1n) is 8.50. The van der Waals surface area contributed by atoms with E-state index in [0.717, 1.165) is 26.3 Å². The zero-order valence-corrected chi connectivity index (χ0v) is 18.2. The van der Waals surface area contributed by atoms with Gasteiger partial charge in [0.25, 0.3) is 0 Å². The molecule has 0 aromatic heterocycles. The molecule has 0 spiro atoms. The zero-order chi connectivity index (χ0) is 19.7.